The smallest absolute Gasteiger partial charge is 0.261 e. The summed E-state index contributed by atoms with van der Waals surface area (Å²) in [6.07, 6.45) is 3.02. The lowest BCUT2D eigenvalue weighted by Crippen LogP contribution is -2.66. The third kappa shape index (κ3) is 3.68. The summed E-state index contributed by atoms with van der Waals surface area (Å²) in [7, 11) is -2.46. The highest BCUT2D eigenvalue weighted by Gasteiger charge is 2.49. The molecule has 0 radical (unpaired) electrons. The van der Waals surface area contributed by atoms with Crippen molar-refractivity contribution in [3.8, 4) is 0 Å². The highest BCUT2D eigenvalue weighted by molar-refractivity contribution is 6.99. The van der Waals surface area contributed by atoms with Crippen molar-refractivity contribution in [3.05, 3.63) is 96.7 Å². The van der Waals surface area contributed by atoms with Crippen LogP contribution in [-0.2, 0) is 10.8 Å². The Hall–Kier alpha value is -2.62. The molecule has 1 heterocycles. The van der Waals surface area contributed by atoms with Crippen molar-refractivity contribution >= 4 is 29.6 Å². The molecule has 1 aromatic heterocycles. The van der Waals surface area contributed by atoms with Gasteiger partial charge in [-0.1, -0.05) is 99.6 Å². The monoisotopic (exact) mass is 399 g/mol. The number of benzene rings is 3. The fourth-order valence-corrected chi connectivity index (χ4v) is 8.98. The molecule has 148 valence electrons. The largest absolute Gasteiger partial charge is 0.407 e. The zero-order valence-corrected chi connectivity index (χ0v) is 18.5. The van der Waals surface area contributed by atoms with Crippen LogP contribution in [0.2, 0.25) is 5.04 Å². The minimum Gasteiger partial charge on any atom is -0.407 e. The third-order valence-corrected chi connectivity index (χ3v) is 10.8. The summed E-state index contributed by atoms with van der Waals surface area (Å²) < 4.78 is 7.01. The van der Waals surface area contributed by atoms with Gasteiger partial charge in [-0.3, -0.25) is 0 Å². The van der Waals surface area contributed by atoms with Gasteiger partial charge in [0.1, 0.15) is 0 Å². The van der Waals surface area contributed by atoms with E-state index in [1.807, 2.05) is 0 Å². The van der Waals surface area contributed by atoms with Crippen LogP contribution in [0.25, 0.3) is 10.9 Å². The first-order valence-electron chi connectivity index (χ1n) is 10.3. The molecule has 4 rings (SSSR count). The van der Waals surface area contributed by atoms with E-state index in [-0.39, 0.29) is 5.04 Å². The van der Waals surface area contributed by atoms with Crippen molar-refractivity contribution in [1.82, 2.24) is 4.98 Å². The zero-order valence-electron chi connectivity index (χ0n) is 17.5. The maximum atomic E-state index is 7.01. The van der Waals surface area contributed by atoms with Gasteiger partial charge in [0.25, 0.3) is 8.32 Å². The van der Waals surface area contributed by atoms with Crippen LogP contribution >= 0.6 is 0 Å². The molecule has 1 N–H and O–H groups in total. The quantitative estimate of drug-likeness (QED) is 0.438. The van der Waals surface area contributed by atoms with Crippen molar-refractivity contribution in [1.29, 1.82) is 0 Å². The number of rotatable bonds is 6. The predicted octanol–water partition coefficient (Wildman–Crippen LogP) is 5.29. The molecular formula is C26H29NOSi. The van der Waals surface area contributed by atoms with E-state index in [4.69, 9.17) is 4.43 Å². The molecule has 0 unspecified atom stereocenters. The topological polar surface area (TPSA) is 25.0 Å². The molecular weight excluding hydrogens is 370 g/mol. The van der Waals surface area contributed by atoms with E-state index >= 15 is 0 Å². The van der Waals surface area contributed by atoms with Crippen LogP contribution in [0.3, 0.4) is 0 Å². The van der Waals surface area contributed by atoms with Gasteiger partial charge < -0.3 is 9.41 Å². The van der Waals surface area contributed by atoms with Crippen molar-refractivity contribution in [3.63, 3.8) is 0 Å². The molecule has 0 saturated carbocycles. The molecule has 4 aromatic rings. The van der Waals surface area contributed by atoms with E-state index in [2.05, 4.69) is 117 Å². The standard InChI is InChI=1S/C26H29NOSi/c1-26(2,3)29(22-12-6-4-7-13-22,23-14-8-5-9-15-23)28-19-18-21-20-27-25-17-11-10-16-24(21)25/h4-17,20,27H,18-19H2,1-3H3. The summed E-state index contributed by atoms with van der Waals surface area (Å²) in [5, 5.41) is 3.96. The molecule has 0 bridgehead atoms. The van der Waals surface area contributed by atoms with Gasteiger partial charge in [0.05, 0.1) is 0 Å². The maximum Gasteiger partial charge on any atom is 0.261 e. The minimum atomic E-state index is -2.46. The fourth-order valence-electron chi connectivity index (χ4n) is 4.41. The van der Waals surface area contributed by atoms with Gasteiger partial charge >= 0.3 is 0 Å². The summed E-state index contributed by atoms with van der Waals surface area (Å²) >= 11 is 0. The SMILES string of the molecule is CC(C)(C)[Si](OCCc1c[nH]c2ccccc12)(c1ccccc1)c1ccccc1. The maximum absolute atomic E-state index is 7.01. The normalized spacial score (nSPS) is 12.4. The molecule has 0 saturated heterocycles. The molecule has 0 atom stereocenters. The Morgan fingerprint density at radius 2 is 1.31 bits per heavy atom. The molecule has 2 nitrogen and oxygen atoms in total. The molecule has 0 fully saturated rings. The number of hydrogen-bond donors (Lipinski definition) is 1. The lowest BCUT2D eigenvalue weighted by atomic mass is 10.1. The van der Waals surface area contributed by atoms with Gasteiger partial charge in [-0.05, 0) is 33.5 Å². The summed E-state index contributed by atoms with van der Waals surface area (Å²) in [6.45, 7) is 7.68. The highest BCUT2D eigenvalue weighted by Crippen LogP contribution is 2.36. The molecule has 29 heavy (non-hydrogen) atoms. The number of nitrogens with one attached hydrogen (secondary N) is 1. The van der Waals surface area contributed by atoms with E-state index in [1.165, 1.54) is 26.8 Å². The average molecular weight is 400 g/mol. The molecule has 0 aliphatic carbocycles. The molecule has 0 amide bonds. The van der Waals surface area contributed by atoms with Crippen LogP contribution in [-0.4, -0.2) is 19.9 Å². The number of hydrogen-bond acceptors (Lipinski definition) is 1. The Morgan fingerprint density at radius 3 is 1.90 bits per heavy atom. The lowest BCUT2D eigenvalue weighted by Gasteiger charge is -2.43. The molecule has 0 aliphatic rings. The predicted molar refractivity (Wildman–Crippen MR) is 126 cm³/mol. The second-order valence-corrected chi connectivity index (χ2v) is 12.9. The zero-order chi connectivity index (χ0) is 20.3. The number of aromatic amines is 1. The first-order valence-corrected chi connectivity index (χ1v) is 12.2. The molecule has 0 spiro atoms. The Balaban J connectivity index is 1.70. The Morgan fingerprint density at radius 1 is 0.759 bits per heavy atom. The number of fused-ring (bicyclic) bond motifs is 1. The van der Waals surface area contributed by atoms with Crippen molar-refractivity contribution < 1.29 is 4.43 Å². The first kappa shape index (κ1) is 19.7. The van der Waals surface area contributed by atoms with Gasteiger partial charge in [0, 0.05) is 23.7 Å². The summed E-state index contributed by atoms with van der Waals surface area (Å²) in [5.74, 6) is 0. The van der Waals surface area contributed by atoms with Crippen LogP contribution in [0.4, 0.5) is 0 Å². The van der Waals surface area contributed by atoms with E-state index in [1.54, 1.807) is 0 Å². The van der Waals surface area contributed by atoms with Crippen molar-refractivity contribution in [2.24, 2.45) is 0 Å². The van der Waals surface area contributed by atoms with E-state index in [0.717, 1.165) is 6.42 Å². The van der Waals surface area contributed by atoms with Crippen LogP contribution in [0.5, 0.6) is 0 Å². The number of aromatic nitrogens is 1. The third-order valence-electron chi connectivity index (χ3n) is 5.78. The van der Waals surface area contributed by atoms with E-state index in [9.17, 15) is 0 Å². The van der Waals surface area contributed by atoms with Crippen LogP contribution < -0.4 is 10.4 Å². The highest BCUT2D eigenvalue weighted by atomic mass is 28.4. The van der Waals surface area contributed by atoms with Crippen LogP contribution in [0.1, 0.15) is 26.3 Å². The summed E-state index contributed by atoms with van der Waals surface area (Å²) in [4.78, 5) is 3.39. The fraction of sp³-hybridized carbons (Fsp3) is 0.231. The number of H-pyrrole nitrogens is 1. The van der Waals surface area contributed by atoms with Gasteiger partial charge in [-0.25, -0.2) is 0 Å². The Kier molecular flexibility index (Phi) is 5.44. The van der Waals surface area contributed by atoms with Crippen molar-refractivity contribution in [2.45, 2.75) is 32.2 Å². The average Bonchev–Trinajstić information content (AvgIpc) is 3.15. The summed E-state index contributed by atoms with van der Waals surface area (Å²) in [6, 6.07) is 30.2. The first-order chi connectivity index (χ1) is 14.0. The lowest BCUT2D eigenvalue weighted by molar-refractivity contribution is 0.302. The molecule has 3 aromatic carbocycles. The Labute approximate surface area is 174 Å². The van der Waals surface area contributed by atoms with E-state index in [0.29, 0.717) is 6.61 Å². The van der Waals surface area contributed by atoms with Gasteiger partial charge in [-0.2, -0.15) is 0 Å². The summed E-state index contributed by atoms with van der Waals surface area (Å²) in [5.41, 5.74) is 2.51. The van der Waals surface area contributed by atoms with Crippen molar-refractivity contribution in [2.75, 3.05) is 6.61 Å². The van der Waals surface area contributed by atoms with Gasteiger partial charge in [0.15, 0.2) is 0 Å². The molecule has 0 aliphatic heterocycles. The van der Waals surface area contributed by atoms with Gasteiger partial charge in [0.2, 0.25) is 0 Å². The molecule has 3 heteroatoms. The van der Waals surface area contributed by atoms with Crippen LogP contribution in [0, 0.1) is 0 Å². The minimum absolute atomic E-state index is 0.00984. The second kappa shape index (κ2) is 8.01. The Bertz CT molecular complexity index is 1020. The van der Waals surface area contributed by atoms with Crippen LogP contribution in [0.15, 0.2) is 91.1 Å². The van der Waals surface area contributed by atoms with Gasteiger partial charge in [-0.15, -0.1) is 0 Å². The van der Waals surface area contributed by atoms with E-state index < -0.39 is 8.32 Å². The number of para-hydroxylation sites is 1. The second-order valence-electron chi connectivity index (χ2n) is 8.62.